The molecule has 100 valence electrons. The fraction of sp³-hybridized carbons (Fsp3) is 0.462. The number of hydrogen-bond donors (Lipinski definition) is 2. The lowest BCUT2D eigenvalue weighted by Crippen LogP contribution is -2.34. The number of benzene rings is 1. The molecule has 2 N–H and O–H groups in total. The van der Waals surface area contributed by atoms with Crippen LogP contribution in [-0.2, 0) is 11.3 Å². The lowest BCUT2D eigenvalue weighted by Gasteiger charge is -2.06. The van der Waals surface area contributed by atoms with E-state index in [2.05, 4.69) is 10.6 Å². The highest BCUT2D eigenvalue weighted by molar-refractivity contribution is 6.30. The molecule has 2 rings (SSSR count). The van der Waals surface area contributed by atoms with Crippen LogP contribution in [0.3, 0.4) is 0 Å². The summed E-state index contributed by atoms with van der Waals surface area (Å²) in [6, 6.07) is 7.49. The first-order chi connectivity index (χ1) is 8.24. The topological polar surface area (TPSA) is 41.1 Å². The van der Waals surface area contributed by atoms with Crippen LogP contribution >= 0.6 is 24.0 Å². The summed E-state index contributed by atoms with van der Waals surface area (Å²) in [6.07, 6.45) is 2.61. The average molecular weight is 289 g/mol. The summed E-state index contributed by atoms with van der Waals surface area (Å²) in [5, 5.41) is 6.74. The predicted molar refractivity (Wildman–Crippen MR) is 76.1 cm³/mol. The first kappa shape index (κ1) is 15.3. The third kappa shape index (κ3) is 5.71. The van der Waals surface area contributed by atoms with Crippen LogP contribution in [0.15, 0.2) is 24.3 Å². The molecule has 1 fully saturated rings. The molecule has 0 bridgehead atoms. The van der Waals surface area contributed by atoms with Crippen LogP contribution in [0, 0.1) is 5.92 Å². The average Bonchev–Trinajstić information content (AvgIpc) is 3.12. The van der Waals surface area contributed by atoms with Crippen molar-refractivity contribution in [3.63, 3.8) is 0 Å². The molecule has 18 heavy (non-hydrogen) atoms. The van der Waals surface area contributed by atoms with E-state index in [1.54, 1.807) is 0 Å². The molecular weight excluding hydrogens is 271 g/mol. The van der Waals surface area contributed by atoms with E-state index >= 15 is 0 Å². The van der Waals surface area contributed by atoms with Crippen molar-refractivity contribution in [2.75, 3.05) is 13.1 Å². The molecule has 1 aromatic carbocycles. The number of hydrogen-bond acceptors (Lipinski definition) is 2. The molecule has 0 atom stereocenters. The Morgan fingerprint density at radius 3 is 2.56 bits per heavy atom. The van der Waals surface area contributed by atoms with E-state index in [1.807, 2.05) is 24.3 Å². The van der Waals surface area contributed by atoms with Crippen molar-refractivity contribution < 1.29 is 4.79 Å². The van der Waals surface area contributed by atoms with Gasteiger partial charge in [-0.25, -0.2) is 0 Å². The number of rotatable bonds is 6. The fourth-order valence-corrected chi connectivity index (χ4v) is 1.70. The minimum Gasteiger partial charge on any atom is -0.351 e. The predicted octanol–water partition coefficient (Wildman–Crippen LogP) is 2.38. The normalized spacial score (nSPS) is 13.8. The van der Waals surface area contributed by atoms with Crippen LogP contribution in [0.5, 0.6) is 0 Å². The Labute approximate surface area is 119 Å². The second-order valence-electron chi connectivity index (χ2n) is 4.48. The van der Waals surface area contributed by atoms with Gasteiger partial charge in [-0.2, -0.15) is 0 Å². The number of nitrogens with one attached hydrogen (secondary N) is 2. The summed E-state index contributed by atoms with van der Waals surface area (Å²) < 4.78 is 0. The molecule has 1 saturated carbocycles. The molecule has 3 nitrogen and oxygen atoms in total. The molecule has 0 spiro atoms. The van der Waals surface area contributed by atoms with E-state index in [-0.39, 0.29) is 18.3 Å². The Kier molecular flexibility index (Phi) is 6.47. The van der Waals surface area contributed by atoms with Crippen LogP contribution in [0.4, 0.5) is 0 Å². The first-order valence-electron chi connectivity index (χ1n) is 5.96. The quantitative estimate of drug-likeness (QED) is 0.844. The van der Waals surface area contributed by atoms with Crippen molar-refractivity contribution >= 4 is 29.9 Å². The van der Waals surface area contributed by atoms with Gasteiger partial charge in [-0.1, -0.05) is 23.7 Å². The van der Waals surface area contributed by atoms with E-state index in [4.69, 9.17) is 11.6 Å². The summed E-state index contributed by atoms with van der Waals surface area (Å²) in [4.78, 5) is 11.5. The molecule has 0 aromatic heterocycles. The van der Waals surface area contributed by atoms with Gasteiger partial charge in [0, 0.05) is 11.6 Å². The highest BCUT2D eigenvalue weighted by Crippen LogP contribution is 2.27. The molecule has 0 radical (unpaired) electrons. The van der Waals surface area contributed by atoms with Crippen molar-refractivity contribution in [3.05, 3.63) is 34.9 Å². The summed E-state index contributed by atoms with van der Waals surface area (Å²) in [5.41, 5.74) is 1.06. The number of halogens is 2. The van der Waals surface area contributed by atoms with Gasteiger partial charge >= 0.3 is 0 Å². The van der Waals surface area contributed by atoms with Crippen LogP contribution < -0.4 is 10.6 Å². The molecule has 1 aliphatic rings. The van der Waals surface area contributed by atoms with Gasteiger partial charge in [-0.05, 0) is 43.0 Å². The minimum atomic E-state index is 0. The van der Waals surface area contributed by atoms with Gasteiger partial charge in [0.2, 0.25) is 5.91 Å². The molecule has 1 aromatic rings. The van der Waals surface area contributed by atoms with Gasteiger partial charge < -0.3 is 10.6 Å². The Morgan fingerprint density at radius 2 is 1.94 bits per heavy atom. The largest absolute Gasteiger partial charge is 0.351 e. The lowest BCUT2D eigenvalue weighted by atomic mass is 10.2. The van der Waals surface area contributed by atoms with E-state index in [0.717, 1.165) is 18.0 Å². The molecule has 0 saturated heterocycles. The Bertz CT molecular complexity index is 377. The number of amides is 1. The Balaban J connectivity index is 0.00000162. The third-order valence-corrected chi connectivity index (χ3v) is 3.07. The summed E-state index contributed by atoms with van der Waals surface area (Å²) in [7, 11) is 0. The zero-order valence-electron chi connectivity index (χ0n) is 10.1. The third-order valence-electron chi connectivity index (χ3n) is 2.82. The monoisotopic (exact) mass is 288 g/mol. The maximum Gasteiger partial charge on any atom is 0.234 e. The van der Waals surface area contributed by atoms with E-state index < -0.39 is 0 Å². The number of carbonyl (C=O) groups excluding carboxylic acids is 1. The van der Waals surface area contributed by atoms with Crippen molar-refractivity contribution in [1.29, 1.82) is 0 Å². The SMILES string of the molecule is Cl.O=C(CNCC1CC1)NCc1ccc(Cl)cc1. The van der Waals surface area contributed by atoms with Crippen molar-refractivity contribution in [3.8, 4) is 0 Å². The standard InChI is InChI=1S/C13H17ClN2O.ClH/c14-12-5-3-11(4-6-12)8-16-13(17)9-15-7-10-1-2-10;/h3-6,10,15H,1-2,7-9H2,(H,16,17);1H. The van der Waals surface area contributed by atoms with Crippen LogP contribution in [0.2, 0.25) is 5.02 Å². The smallest absolute Gasteiger partial charge is 0.234 e. The lowest BCUT2D eigenvalue weighted by molar-refractivity contribution is -0.120. The highest BCUT2D eigenvalue weighted by Gasteiger charge is 2.20. The molecule has 0 unspecified atom stereocenters. The van der Waals surface area contributed by atoms with Crippen LogP contribution in [0.1, 0.15) is 18.4 Å². The van der Waals surface area contributed by atoms with Gasteiger partial charge in [0.25, 0.3) is 0 Å². The van der Waals surface area contributed by atoms with Crippen LogP contribution in [-0.4, -0.2) is 19.0 Å². The van der Waals surface area contributed by atoms with Crippen LogP contribution in [0.25, 0.3) is 0 Å². The van der Waals surface area contributed by atoms with Gasteiger partial charge in [0.1, 0.15) is 0 Å². The van der Waals surface area contributed by atoms with Gasteiger partial charge in [-0.3, -0.25) is 4.79 Å². The maximum atomic E-state index is 11.5. The molecule has 1 amide bonds. The van der Waals surface area contributed by atoms with Crippen molar-refractivity contribution in [2.24, 2.45) is 5.92 Å². The molecule has 1 aliphatic carbocycles. The maximum absolute atomic E-state index is 11.5. The van der Waals surface area contributed by atoms with E-state index in [0.29, 0.717) is 18.1 Å². The fourth-order valence-electron chi connectivity index (χ4n) is 1.58. The second kappa shape index (κ2) is 7.62. The van der Waals surface area contributed by atoms with Crippen molar-refractivity contribution in [1.82, 2.24) is 10.6 Å². The Morgan fingerprint density at radius 1 is 1.28 bits per heavy atom. The highest BCUT2D eigenvalue weighted by atomic mass is 35.5. The minimum absolute atomic E-state index is 0. The van der Waals surface area contributed by atoms with E-state index in [9.17, 15) is 4.79 Å². The number of carbonyl (C=O) groups is 1. The van der Waals surface area contributed by atoms with Gasteiger partial charge in [-0.15, -0.1) is 12.4 Å². The van der Waals surface area contributed by atoms with Gasteiger partial charge in [0.15, 0.2) is 0 Å². The zero-order chi connectivity index (χ0) is 12.1. The first-order valence-corrected chi connectivity index (χ1v) is 6.33. The van der Waals surface area contributed by atoms with E-state index in [1.165, 1.54) is 12.8 Å². The Hall–Kier alpha value is -0.770. The van der Waals surface area contributed by atoms with Gasteiger partial charge in [0.05, 0.1) is 6.54 Å². The summed E-state index contributed by atoms with van der Waals surface area (Å²) >= 11 is 5.78. The summed E-state index contributed by atoms with van der Waals surface area (Å²) in [5.74, 6) is 0.847. The second-order valence-corrected chi connectivity index (χ2v) is 4.91. The summed E-state index contributed by atoms with van der Waals surface area (Å²) in [6.45, 7) is 1.93. The molecule has 0 aliphatic heterocycles. The molecule has 0 heterocycles. The van der Waals surface area contributed by atoms with Crippen molar-refractivity contribution in [2.45, 2.75) is 19.4 Å². The molecule has 5 heteroatoms. The zero-order valence-corrected chi connectivity index (χ0v) is 11.7. The molecular formula is C13H18Cl2N2O.